The molecule has 2 fully saturated rings. The third kappa shape index (κ3) is 3.10. The van der Waals surface area contributed by atoms with Crippen LogP contribution in [-0.4, -0.2) is 30.2 Å². The normalized spacial score (nSPS) is 25.2. The van der Waals surface area contributed by atoms with E-state index < -0.39 is 5.72 Å². The van der Waals surface area contributed by atoms with Crippen LogP contribution in [0, 0.1) is 0 Å². The van der Waals surface area contributed by atoms with Gasteiger partial charge >= 0.3 is 0 Å². The molecule has 0 N–H and O–H groups in total. The second-order valence-electron chi connectivity index (χ2n) is 7.15. The van der Waals surface area contributed by atoms with E-state index in [-0.39, 0.29) is 11.9 Å². The van der Waals surface area contributed by atoms with E-state index in [9.17, 15) is 4.79 Å². The van der Waals surface area contributed by atoms with Crippen molar-refractivity contribution < 1.29 is 14.3 Å². The van der Waals surface area contributed by atoms with Gasteiger partial charge in [0.15, 0.2) is 0 Å². The van der Waals surface area contributed by atoms with Crippen molar-refractivity contribution in [2.24, 2.45) is 0 Å². The number of fused-ring (bicyclic) bond motifs is 1. The molecule has 4 rings (SSSR count). The maximum Gasteiger partial charge on any atom is 0.225 e. The van der Waals surface area contributed by atoms with Crippen LogP contribution in [0.5, 0.6) is 5.75 Å². The Morgan fingerprint density at radius 3 is 2.85 bits per heavy atom. The minimum absolute atomic E-state index is 0.0225. The van der Waals surface area contributed by atoms with Gasteiger partial charge in [0, 0.05) is 6.42 Å². The fourth-order valence-electron chi connectivity index (χ4n) is 4.30. The molecule has 2 aromatic carbocycles. The van der Waals surface area contributed by atoms with Gasteiger partial charge in [-0.15, -0.1) is 0 Å². The monoisotopic (exact) mass is 351 g/mol. The number of carbonyl (C=O) groups is 1. The largest absolute Gasteiger partial charge is 0.497 e. The Morgan fingerprint density at radius 2 is 2.04 bits per heavy atom. The van der Waals surface area contributed by atoms with Gasteiger partial charge in [-0.25, -0.2) is 0 Å². The molecule has 4 nitrogen and oxygen atoms in total. The topological polar surface area (TPSA) is 38.8 Å². The summed E-state index contributed by atoms with van der Waals surface area (Å²) in [5, 5.41) is 0. The molecule has 2 saturated heterocycles. The van der Waals surface area contributed by atoms with Crippen LogP contribution in [0.2, 0.25) is 0 Å². The Bertz CT molecular complexity index is 776. The first-order chi connectivity index (χ1) is 12.7. The summed E-state index contributed by atoms with van der Waals surface area (Å²) in [5.41, 5.74) is 1.90. The van der Waals surface area contributed by atoms with Crippen molar-refractivity contribution in [3.63, 3.8) is 0 Å². The number of ether oxygens (including phenoxy) is 2. The van der Waals surface area contributed by atoms with Crippen molar-refractivity contribution in [1.82, 2.24) is 4.90 Å². The van der Waals surface area contributed by atoms with Crippen LogP contribution in [-0.2, 0) is 16.0 Å². The molecule has 2 aliphatic heterocycles. The Kier molecular flexibility index (Phi) is 4.68. The number of nitrogens with zero attached hydrogens (tertiary/aromatic N) is 1. The second-order valence-corrected chi connectivity index (χ2v) is 7.15. The molecule has 0 bridgehead atoms. The van der Waals surface area contributed by atoms with Crippen molar-refractivity contribution in [2.75, 3.05) is 13.7 Å². The summed E-state index contributed by atoms with van der Waals surface area (Å²) >= 11 is 0. The van der Waals surface area contributed by atoms with Gasteiger partial charge in [-0.3, -0.25) is 4.79 Å². The van der Waals surface area contributed by atoms with E-state index in [1.54, 1.807) is 7.11 Å². The van der Waals surface area contributed by atoms with Crippen molar-refractivity contribution in [3.8, 4) is 5.75 Å². The zero-order valence-corrected chi connectivity index (χ0v) is 15.2. The molecule has 136 valence electrons. The molecule has 2 atom stereocenters. The number of methoxy groups -OCH3 is 1. The van der Waals surface area contributed by atoms with Gasteiger partial charge in [0.2, 0.25) is 5.91 Å². The van der Waals surface area contributed by atoms with E-state index >= 15 is 0 Å². The maximum absolute atomic E-state index is 12.8. The molecular formula is C22H25NO3. The smallest absolute Gasteiger partial charge is 0.225 e. The minimum atomic E-state index is -0.473. The van der Waals surface area contributed by atoms with E-state index in [0.717, 1.165) is 37.0 Å². The lowest BCUT2D eigenvalue weighted by Gasteiger charge is -2.43. The lowest BCUT2D eigenvalue weighted by molar-refractivity contribution is -0.162. The average Bonchev–Trinajstić information content (AvgIpc) is 3.09. The molecule has 1 amide bonds. The highest BCUT2D eigenvalue weighted by Gasteiger charge is 2.51. The first kappa shape index (κ1) is 17.1. The number of rotatable bonds is 5. The highest BCUT2D eigenvalue weighted by Crippen LogP contribution is 2.45. The third-order valence-electron chi connectivity index (χ3n) is 5.61. The van der Waals surface area contributed by atoms with Crippen LogP contribution < -0.4 is 4.74 Å². The summed E-state index contributed by atoms with van der Waals surface area (Å²) in [6.45, 7) is 0.577. The number of carbonyl (C=O) groups excluding carboxylic acids is 1. The van der Waals surface area contributed by atoms with Gasteiger partial charge in [0.05, 0.1) is 19.8 Å². The zero-order chi connectivity index (χ0) is 18.0. The van der Waals surface area contributed by atoms with Gasteiger partial charge in [-0.05, 0) is 48.9 Å². The molecule has 4 heteroatoms. The summed E-state index contributed by atoms with van der Waals surface area (Å²) < 4.78 is 11.7. The summed E-state index contributed by atoms with van der Waals surface area (Å²) in [6.07, 6.45) is 4.10. The van der Waals surface area contributed by atoms with Crippen LogP contribution in [0.3, 0.4) is 0 Å². The predicted octanol–water partition coefficient (Wildman–Crippen LogP) is 4.11. The summed E-state index contributed by atoms with van der Waals surface area (Å²) in [6, 6.07) is 18.4. The Hall–Kier alpha value is -2.33. The Morgan fingerprint density at radius 1 is 1.19 bits per heavy atom. The van der Waals surface area contributed by atoms with Crippen molar-refractivity contribution in [1.29, 1.82) is 0 Å². The number of hydrogen-bond donors (Lipinski definition) is 0. The van der Waals surface area contributed by atoms with Gasteiger partial charge in [-0.1, -0.05) is 42.5 Å². The molecule has 2 aliphatic rings. The van der Waals surface area contributed by atoms with Gasteiger partial charge < -0.3 is 14.4 Å². The summed E-state index contributed by atoms with van der Waals surface area (Å²) in [4.78, 5) is 14.8. The molecule has 1 unspecified atom stereocenters. The second kappa shape index (κ2) is 7.12. The van der Waals surface area contributed by atoms with E-state index in [1.165, 1.54) is 5.56 Å². The molecule has 2 aromatic rings. The van der Waals surface area contributed by atoms with Crippen molar-refractivity contribution in [2.45, 2.75) is 43.9 Å². The minimum Gasteiger partial charge on any atom is -0.497 e. The van der Waals surface area contributed by atoms with Crippen LogP contribution >= 0.6 is 0 Å². The van der Waals surface area contributed by atoms with E-state index in [4.69, 9.17) is 9.47 Å². The number of amides is 1. The Balaban J connectivity index is 1.57. The van der Waals surface area contributed by atoms with Gasteiger partial charge in [-0.2, -0.15) is 0 Å². The molecule has 2 heterocycles. The lowest BCUT2D eigenvalue weighted by Crippen LogP contribution is -2.52. The van der Waals surface area contributed by atoms with Crippen LogP contribution in [0.25, 0.3) is 0 Å². The zero-order valence-electron chi connectivity index (χ0n) is 15.2. The summed E-state index contributed by atoms with van der Waals surface area (Å²) in [7, 11) is 1.68. The molecule has 0 aromatic heterocycles. The van der Waals surface area contributed by atoms with Gasteiger partial charge in [0.25, 0.3) is 0 Å². The Labute approximate surface area is 154 Å². The lowest BCUT2D eigenvalue weighted by atomic mass is 9.90. The highest BCUT2D eigenvalue weighted by atomic mass is 16.5. The molecule has 0 saturated carbocycles. The number of aryl methyl sites for hydroxylation is 1. The van der Waals surface area contributed by atoms with Crippen molar-refractivity contribution in [3.05, 3.63) is 65.7 Å². The van der Waals surface area contributed by atoms with E-state index in [0.29, 0.717) is 13.0 Å². The molecule has 0 radical (unpaired) electrons. The third-order valence-corrected chi connectivity index (χ3v) is 5.61. The number of benzene rings is 2. The highest BCUT2D eigenvalue weighted by molar-refractivity contribution is 5.78. The van der Waals surface area contributed by atoms with Crippen LogP contribution in [0.1, 0.15) is 42.9 Å². The molecule has 0 spiro atoms. The number of piperidine rings is 1. The fraction of sp³-hybridized carbons (Fsp3) is 0.409. The standard InChI is InChI=1S/C22H25NO3/c1-25-19-10-5-7-17(15-19)12-14-22-13-6-11-21(24)23(22)20(16-26-22)18-8-3-2-4-9-18/h2-5,7-10,15,20H,6,11-14,16H2,1H3/t20?,22-/m1/s1. The molecular weight excluding hydrogens is 326 g/mol. The van der Waals surface area contributed by atoms with Crippen molar-refractivity contribution >= 4 is 5.91 Å². The number of hydrogen-bond acceptors (Lipinski definition) is 3. The van der Waals surface area contributed by atoms with E-state index in [2.05, 4.69) is 24.3 Å². The quantitative estimate of drug-likeness (QED) is 0.814. The molecule has 0 aliphatic carbocycles. The predicted molar refractivity (Wildman–Crippen MR) is 99.9 cm³/mol. The van der Waals surface area contributed by atoms with Gasteiger partial charge in [0.1, 0.15) is 11.5 Å². The first-order valence-electron chi connectivity index (χ1n) is 9.36. The van der Waals surface area contributed by atoms with Crippen LogP contribution in [0.4, 0.5) is 0 Å². The van der Waals surface area contributed by atoms with Crippen LogP contribution in [0.15, 0.2) is 54.6 Å². The van der Waals surface area contributed by atoms with E-state index in [1.807, 2.05) is 35.2 Å². The SMILES string of the molecule is COc1cccc(CC[C@]23CCCC(=O)N2C(c2ccccc2)CO3)c1. The fourth-order valence-corrected chi connectivity index (χ4v) is 4.30. The summed E-state index contributed by atoms with van der Waals surface area (Å²) in [5.74, 6) is 1.08. The average molecular weight is 351 g/mol. The molecule has 26 heavy (non-hydrogen) atoms. The maximum atomic E-state index is 12.8. The first-order valence-corrected chi connectivity index (χ1v) is 9.36.